The maximum Gasteiger partial charge on any atom is 0.322 e. The van der Waals surface area contributed by atoms with Crippen molar-refractivity contribution in [2.75, 3.05) is 25.0 Å². The molecule has 1 N–H and O–H groups in total. The summed E-state index contributed by atoms with van der Waals surface area (Å²) < 4.78 is 11.5. The van der Waals surface area contributed by atoms with E-state index < -0.39 is 0 Å². The van der Waals surface area contributed by atoms with Gasteiger partial charge in [0.05, 0.1) is 19.3 Å². The van der Waals surface area contributed by atoms with Crippen LogP contribution >= 0.6 is 0 Å². The fraction of sp³-hybridized carbons (Fsp3) is 0.368. The van der Waals surface area contributed by atoms with Gasteiger partial charge in [0.15, 0.2) is 0 Å². The second-order valence-corrected chi connectivity index (χ2v) is 5.97. The van der Waals surface area contributed by atoms with E-state index in [2.05, 4.69) is 10.3 Å². The zero-order valence-electron chi connectivity index (χ0n) is 14.5. The molecule has 6 nitrogen and oxygen atoms in total. The quantitative estimate of drug-likeness (QED) is 0.925. The average Bonchev–Trinajstić information content (AvgIpc) is 2.64. The predicted octanol–water partition coefficient (Wildman–Crippen LogP) is 3.47. The summed E-state index contributed by atoms with van der Waals surface area (Å²) >= 11 is 0. The van der Waals surface area contributed by atoms with Crippen LogP contribution in [0.25, 0.3) is 0 Å². The topological polar surface area (TPSA) is 63.7 Å². The molecule has 0 bridgehead atoms. The van der Waals surface area contributed by atoms with E-state index in [-0.39, 0.29) is 18.2 Å². The van der Waals surface area contributed by atoms with Gasteiger partial charge >= 0.3 is 6.03 Å². The number of urea groups is 1. The van der Waals surface area contributed by atoms with Crippen molar-refractivity contribution in [2.45, 2.75) is 26.1 Å². The van der Waals surface area contributed by atoms with E-state index in [1.807, 2.05) is 44.2 Å². The van der Waals surface area contributed by atoms with Crippen molar-refractivity contribution in [1.29, 1.82) is 0 Å². The van der Waals surface area contributed by atoms with Gasteiger partial charge in [0.25, 0.3) is 0 Å². The van der Waals surface area contributed by atoms with Crippen molar-refractivity contribution in [2.24, 2.45) is 0 Å². The molecule has 2 heterocycles. The fourth-order valence-electron chi connectivity index (χ4n) is 2.90. The summed E-state index contributed by atoms with van der Waals surface area (Å²) in [6.07, 6.45) is 1.48. The average molecular weight is 341 g/mol. The number of pyridine rings is 1. The molecular formula is C19H23N3O3. The molecule has 2 amide bonds. The molecule has 1 aromatic carbocycles. The van der Waals surface area contributed by atoms with Crippen LogP contribution in [-0.2, 0) is 4.74 Å². The highest BCUT2D eigenvalue weighted by Gasteiger charge is 2.29. The third kappa shape index (κ3) is 4.28. The molecule has 3 rings (SSSR count). The molecule has 1 saturated heterocycles. The van der Waals surface area contributed by atoms with Crippen LogP contribution in [0.4, 0.5) is 10.5 Å². The molecule has 0 saturated carbocycles. The van der Waals surface area contributed by atoms with Gasteiger partial charge < -0.3 is 19.7 Å². The van der Waals surface area contributed by atoms with Gasteiger partial charge in [-0.25, -0.2) is 9.78 Å². The third-order valence-electron chi connectivity index (χ3n) is 4.01. The molecule has 1 fully saturated rings. The van der Waals surface area contributed by atoms with Gasteiger partial charge in [-0.2, -0.15) is 0 Å². The standard InChI is InChI=1S/C19H23N3O3/c1-3-24-18-16(10-7-11-20-18)21-19(23)22-12-14(2)25-17(13-22)15-8-5-4-6-9-15/h4-11,14,17H,3,12-13H2,1-2H3,(H,21,23)/t14-,17+/m0/s1. The van der Waals surface area contributed by atoms with Crippen LogP contribution in [0.5, 0.6) is 5.88 Å². The Hall–Kier alpha value is -2.60. The minimum atomic E-state index is -0.176. The molecule has 1 aromatic heterocycles. The van der Waals surface area contributed by atoms with Gasteiger partial charge in [-0.3, -0.25) is 0 Å². The highest BCUT2D eigenvalue weighted by molar-refractivity contribution is 5.90. The number of amides is 2. The molecule has 6 heteroatoms. The lowest BCUT2D eigenvalue weighted by atomic mass is 10.1. The summed E-state index contributed by atoms with van der Waals surface area (Å²) in [5.74, 6) is 0.430. The monoisotopic (exact) mass is 341 g/mol. The number of morpholine rings is 1. The van der Waals surface area contributed by atoms with Gasteiger partial charge in [-0.15, -0.1) is 0 Å². The number of ether oxygens (including phenoxy) is 2. The van der Waals surface area contributed by atoms with E-state index in [1.54, 1.807) is 23.2 Å². The number of nitrogens with zero attached hydrogens (tertiary/aromatic N) is 2. The molecule has 0 radical (unpaired) electrons. The Balaban J connectivity index is 1.71. The summed E-state index contributed by atoms with van der Waals surface area (Å²) in [5.41, 5.74) is 1.65. The number of hydrogen-bond acceptors (Lipinski definition) is 4. The van der Waals surface area contributed by atoms with Gasteiger partial charge in [-0.1, -0.05) is 30.3 Å². The Morgan fingerprint density at radius 2 is 2.08 bits per heavy atom. The minimum Gasteiger partial charge on any atom is -0.476 e. The second kappa shape index (κ2) is 7.98. The van der Waals surface area contributed by atoms with Gasteiger partial charge in [-0.05, 0) is 31.5 Å². The zero-order chi connectivity index (χ0) is 17.6. The van der Waals surface area contributed by atoms with E-state index in [4.69, 9.17) is 9.47 Å². The lowest BCUT2D eigenvalue weighted by molar-refractivity contribution is -0.0642. The van der Waals surface area contributed by atoms with Crippen molar-refractivity contribution in [3.8, 4) is 5.88 Å². The Morgan fingerprint density at radius 1 is 1.28 bits per heavy atom. The van der Waals surface area contributed by atoms with E-state index >= 15 is 0 Å². The van der Waals surface area contributed by atoms with E-state index in [0.717, 1.165) is 5.56 Å². The molecule has 0 aliphatic carbocycles. The molecular weight excluding hydrogens is 318 g/mol. The first-order valence-corrected chi connectivity index (χ1v) is 8.51. The van der Waals surface area contributed by atoms with Gasteiger partial charge in [0, 0.05) is 12.7 Å². The first kappa shape index (κ1) is 17.2. The van der Waals surface area contributed by atoms with Crippen LogP contribution in [0.2, 0.25) is 0 Å². The molecule has 1 aliphatic heterocycles. The molecule has 2 aromatic rings. The van der Waals surface area contributed by atoms with Crippen molar-refractivity contribution in [3.63, 3.8) is 0 Å². The Labute approximate surface area is 147 Å². The molecule has 1 aliphatic rings. The summed E-state index contributed by atoms with van der Waals surface area (Å²) in [6.45, 7) is 5.40. The number of anilines is 1. The van der Waals surface area contributed by atoms with E-state index in [9.17, 15) is 4.79 Å². The first-order chi connectivity index (χ1) is 12.2. The van der Waals surface area contributed by atoms with E-state index in [1.165, 1.54) is 0 Å². The number of carbonyl (C=O) groups is 1. The van der Waals surface area contributed by atoms with Crippen LogP contribution in [0.15, 0.2) is 48.7 Å². The lowest BCUT2D eigenvalue weighted by Gasteiger charge is -2.37. The second-order valence-electron chi connectivity index (χ2n) is 5.97. The third-order valence-corrected chi connectivity index (χ3v) is 4.01. The first-order valence-electron chi connectivity index (χ1n) is 8.51. The van der Waals surface area contributed by atoms with Crippen LogP contribution < -0.4 is 10.1 Å². The Bertz CT molecular complexity index is 708. The molecule has 132 valence electrons. The summed E-state index contributed by atoms with van der Waals surface area (Å²) in [4.78, 5) is 18.7. The number of rotatable bonds is 4. The van der Waals surface area contributed by atoms with E-state index in [0.29, 0.717) is 31.3 Å². The SMILES string of the molecule is CCOc1ncccc1NC(=O)N1C[C@H](C)O[C@@H](c2ccccc2)C1. The van der Waals surface area contributed by atoms with Crippen molar-refractivity contribution in [3.05, 3.63) is 54.2 Å². The number of carbonyl (C=O) groups excluding carboxylic acids is 1. The minimum absolute atomic E-state index is 0.0371. The summed E-state index contributed by atoms with van der Waals surface area (Å²) in [7, 11) is 0. The normalized spacial score (nSPS) is 20.2. The summed E-state index contributed by atoms with van der Waals surface area (Å²) in [5, 5.41) is 2.90. The smallest absolute Gasteiger partial charge is 0.322 e. The largest absolute Gasteiger partial charge is 0.476 e. The highest BCUT2D eigenvalue weighted by Crippen LogP contribution is 2.26. The molecule has 2 atom stereocenters. The zero-order valence-corrected chi connectivity index (χ0v) is 14.5. The Kier molecular flexibility index (Phi) is 5.50. The van der Waals surface area contributed by atoms with Crippen molar-refractivity contribution >= 4 is 11.7 Å². The number of hydrogen-bond donors (Lipinski definition) is 1. The van der Waals surface area contributed by atoms with Crippen LogP contribution in [0.3, 0.4) is 0 Å². The molecule has 25 heavy (non-hydrogen) atoms. The number of aromatic nitrogens is 1. The predicted molar refractivity (Wildman–Crippen MR) is 95.7 cm³/mol. The lowest BCUT2D eigenvalue weighted by Crippen LogP contribution is -2.47. The highest BCUT2D eigenvalue weighted by atomic mass is 16.5. The maximum absolute atomic E-state index is 12.7. The summed E-state index contributed by atoms with van der Waals surface area (Å²) in [6, 6.07) is 13.4. The van der Waals surface area contributed by atoms with Crippen molar-refractivity contribution in [1.82, 2.24) is 9.88 Å². The Morgan fingerprint density at radius 3 is 2.84 bits per heavy atom. The van der Waals surface area contributed by atoms with Crippen LogP contribution in [-0.4, -0.2) is 41.7 Å². The van der Waals surface area contributed by atoms with Crippen LogP contribution in [0, 0.1) is 0 Å². The van der Waals surface area contributed by atoms with Gasteiger partial charge in [0.1, 0.15) is 11.8 Å². The molecule has 0 unspecified atom stereocenters. The van der Waals surface area contributed by atoms with Crippen molar-refractivity contribution < 1.29 is 14.3 Å². The van der Waals surface area contributed by atoms with Crippen LogP contribution in [0.1, 0.15) is 25.5 Å². The number of benzene rings is 1. The van der Waals surface area contributed by atoms with Gasteiger partial charge in [0.2, 0.25) is 5.88 Å². The maximum atomic E-state index is 12.7. The fourth-order valence-corrected chi connectivity index (χ4v) is 2.90. The number of nitrogens with one attached hydrogen (secondary N) is 1. The molecule has 0 spiro atoms.